The predicted octanol–water partition coefficient (Wildman–Crippen LogP) is 6.12. The lowest BCUT2D eigenvalue weighted by Crippen LogP contribution is -2.02. The molecule has 4 heteroatoms. The zero-order valence-electron chi connectivity index (χ0n) is 16.0. The van der Waals surface area contributed by atoms with Crippen molar-refractivity contribution in [1.29, 1.82) is 0 Å². The van der Waals surface area contributed by atoms with Gasteiger partial charge in [0, 0.05) is 16.9 Å². The van der Waals surface area contributed by atoms with Crippen molar-refractivity contribution < 1.29 is 4.39 Å². The van der Waals surface area contributed by atoms with E-state index in [1.54, 1.807) is 6.07 Å². The fourth-order valence-corrected chi connectivity index (χ4v) is 3.61. The molecule has 2 aromatic heterocycles. The van der Waals surface area contributed by atoms with Gasteiger partial charge in [-0.05, 0) is 68.7 Å². The van der Waals surface area contributed by atoms with E-state index in [-0.39, 0.29) is 5.82 Å². The molecule has 0 saturated carbocycles. The summed E-state index contributed by atoms with van der Waals surface area (Å²) in [5.74, 6) is 0.584. The van der Waals surface area contributed by atoms with Gasteiger partial charge in [-0.2, -0.15) is 0 Å². The standard InChI is InChI=1S/C23H22FN3/c1-14-11-17(4)27-20(12-14)25-22(18-9-6-10-19(24)13-18)23(27)26-21-15(2)7-5-8-16(21)3/h5-13,26H,1-4H3. The Labute approximate surface area is 158 Å². The SMILES string of the molecule is Cc1cc(C)n2c(Nc3c(C)cccc3C)c(-c3cccc(F)c3)nc2c1. The van der Waals surface area contributed by atoms with E-state index in [9.17, 15) is 4.39 Å². The smallest absolute Gasteiger partial charge is 0.143 e. The molecule has 0 bridgehead atoms. The molecule has 0 radical (unpaired) electrons. The number of nitrogens with zero attached hydrogens (tertiary/aromatic N) is 2. The number of halogens is 1. The van der Waals surface area contributed by atoms with Crippen molar-refractivity contribution in [2.45, 2.75) is 27.7 Å². The van der Waals surface area contributed by atoms with E-state index in [1.165, 1.54) is 12.1 Å². The summed E-state index contributed by atoms with van der Waals surface area (Å²) in [7, 11) is 0. The third kappa shape index (κ3) is 3.08. The molecule has 0 atom stereocenters. The predicted molar refractivity (Wildman–Crippen MR) is 109 cm³/mol. The number of pyridine rings is 1. The number of fused-ring (bicyclic) bond motifs is 1. The summed E-state index contributed by atoms with van der Waals surface area (Å²) >= 11 is 0. The summed E-state index contributed by atoms with van der Waals surface area (Å²) in [5.41, 5.74) is 7.93. The Bertz CT molecular complexity index is 1140. The Hall–Kier alpha value is -3.14. The second-order valence-electron chi connectivity index (χ2n) is 7.08. The van der Waals surface area contributed by atoms with Crippen molar-refractivity contribution in [2.75, 3.05) is 5.32 Å². The third-order valence-corrected chi connectivity index (χ3v) is 4.87. The van der Waals surface area contributed by atoms with E-state index < -0.39 is 0 Å². The third-order valence-electron chi connectivity index (χ3n) is 4.87. The minimum atomic E-state index is -0.268. The molecule has 4 aromatic rings. The van der Waals surface area contributed by atoms with Crippen LogP contribution in [-0.2, 0) is 0 Å². The van der Waals surface area contributed by atoms with E-state index >= 15 is 0 Å². The van der Waals surface area contributed by atoms with Crippen LogP contribution in [0, 0.1) is 33.5 Å². The average Bonchev–Trinajstić information content (AvgIpc) is 2.96. The van der Waals surface area contributed by atoms with Gasteiger partial charge >= 0.3 is 0 Å². The minimum Gasteiger partial charge on any atom is -0.339 e. The van der Waals surface area contributed by atoms with Crippen molar-refractivity contribution >= 4 is 17.2 Å². The Kier molecular flexibility index (Phi) is 4.19. The van der Waals surface area contributed by atoms with Gasteiger partial charge in [0.1, 0.15) is 23.0 Å². The number of benzene rings is 2. The molecular weight excluding hydrogens is 337 g/mol. The van der Waals surface area contributed by atoms with Gasteiger partial charge in [-0.3, -0.25) is 4.40 Å². The van der Waals surface area contributed by atoms with Crippen LogP contribution >= 0.6 is 0 Å². The Morgan fingerprint density at radius 1 is 0.889 bits per heavy atom. The summed E-state index contributed by atoms with van der Waals surface area (Å²) in [6.07, 6.45) is 0. The molecular formula is C23H22FN3. The highest BCUT2D eigenvalue weighted by Gasteiger charge is 2.18. The summed E-state index contributed by atoms with van der Waals surface area (Å²) in [5, 5.41) is 3.59. The Balaban J connectivity index is 2.00. The van der Waals surface area contributed by atoms with Crippen molar-refractivity contribution in [3.8, 4) is 11.3 Å². The first-order chi connectivity index (χ1) is 12.9. The number of para-hydroxylation sites is 1. The first-order valence-corrected chi connectivity index (χ1v) is 9.03. The van der Waals surface area contributed by atoms with Gasteiger partial charge in [0.25, 0.3) is 0 Å². The fourth-order valence-electron chi connectivity index (χ4n) is 3.61. The molecule has 0 spiro atoms. The van der Waals surface area contributed by atoms with Crippen LogP contribution in [0.2, 0.25) is 0 Å². The number of imidazole rings is 1. The number of hydrogen-bond donors (Lipinski definition) is 1. The molecule has 136 valence electrons. The maximum atomic E-state index is 13.9. The van der Waals surface area contributed by atoms with Crippen LogP contribution in [0.15, 0.2) is 54.6 Å². The van der Waals surface area contributed by atoms with Crippen molar-refractivity contribution in [1.82, 2.24) is 9.38 Å². The monoisotopic (exact) mass is 359 g/mol. The van der Waals surface area contributed by atoms with Crippen LogP contribution < -0.4 is 5.32 Å². The molecule has 0 fully saturated rings. The molecule has 0 unspecified atom stereocenters. The summed E-state index contributed by atoms with van der Waals surface area (Å²) in [6, 6.07) is 17.0. The number of aryl methyl sites for hydroxylation is 4. The second-order valence-corrected chi connectivity index (χ2v) is 7.08. The minimum absolute atomic E-state index is 0.268. The van der Waals surface area contributed by atoms with Crippen molar-refractivity contribution in [3.05, 3.63) is 82.8 Å². The maximum Gasteiger partial charge on any atom is 0.143 e. The number of anilines is 2. The summed E-state index contributed by atoms with van der Waals surface area (Å²) < 4.78 is 16.0. The first kappa shape index (κ1) is 17.3. The normalized spacial score (nSPS) is 11.1. The molecule has 0 saturated heterocycles. The Morgan fingerprint density at radius 3 is 2.30 bits per heavy atom. The molecule has 27 heavy (non-hydrogen) atoms. The highest BCUT2D eigenvalue weighted by atomic mass is 19.1. The fraction of sp³-hybridized carbons (Fsp3) is 0.174. The van der Waals surface area contributed by atoms with E-state index in [1.807, 2.05) is 18.2 Å². The number of nitrogens with one attached hydrogen (secondary N) is 1. The summed E-state index contributed by atoms with van der Waals surface area (Å²) in [6.45, 7) is 8.28. The average molecular weight is 359 g/mol. The Morgan fingerprint density at radius 2 is 1.59 bits per heavy atom. The lowest BCUT2D eigenvalue weighted by molar-refractivity contribution is 0.628. The van der Waals surface area contributed by atoms with Crippen LogP contribution in [0.3, 0.4) is 0 Å². The van der Waals surface area contributed by atoms with Crippen molar-refractivity contribution in [2.24, 2.45) is 0 Å². The molecule has 2 heterocycles. The second kappa shape index (κ2) is 6.54. The van der Waals surface area contributed by atoms with E-state index in [0.29, 0.717) is 0 Å². The molecule has 3 nitrogen and oxygen atoms in total. The van der Waals surface area contributed by atoms with Crippen LogP contribution in [0.1, 0.15) is 22.4 Å². The molecule has 2 aromatic carbocycles. The molecule has 0 aliphatic heterocycles. The topological polar surface area (TPSA) is 29.3 Å². The molecule has 0 aliphatic rings. The van der Waals surface area contributed by atoms with Gasteiger partial charge in [0.2, 0.25) is 0 Å². The van der Waals surface area contributed by atoms with Gasteiger partial charge < -0.3 is 5.32 Å². The van der Waals surface area contributed by atoms with E-state index in [0.717, 1.165) is 50.8 Å². The molecule has 0 aliphatic carbocycles. The highest BCUT2D eigenvalue weighted by Crippen LogP contribution is 2.34. The zero-order chi connectivity index (χ0) is 19.1. The van der Waals surface area contributed by atoms with Gasteiger partial charge in [-0.15, -0.1) is 0 Å². The largest absolute Gasteiger partial charge is 0.339 e. The van der Waals surface area contributed by atoms with Gasteiger partial charge in [0.05, 0.1) is 0 Å². The highest BCUT2D eigenvalue weighted by molar-refractivity contribution is 5.81. The van der Waals surface area contributed by atoms with Crippen LogP contribution in [0.4, 0.5) is 15.9 Å². The van der Waals surface area contributed by atoms with Gasteiger partial charge in [0.15, 0.2) is 0 Å². The van der Waals surface area contributed by atoms with Crippen molar-refractivity contribution in [3.63, 3.8) is 0 Å². The molecule has 0 amide bonds. The first-order valence-electron chi connectivity index (χ1n) is 9.03. The van der Waals surface area contributed by atoms with Gasteiger partial charge in [-0.1, -0.05) is 30.3 Å². The lowest BCUT2D eigenvalue weighted by atomic mass is 10.1. The van der Waals surface area contributed by atoms with Crippen LogP contribution in [0.25, 0.3) is 16.9 Å². The van der Waals surface area contributed by atoms with Gasteiger partial charge in [-0.25, -0.2) is 9.37 Å². The molecule has 1 N–H and O–H groups in total. The van der Waals surface area contributed by atoms with Crippen LogP contribution in [0.5, 0.6) is 0 Å². The summed E-state index contributed by atoms with van der Waals surface area (Å²) in [4.78, 5) is 4.83. The zero-order valence-corrected chi connectivity index (χ0v) is 16.0. The molecule has 4 rings (SSSR count). The number of hydrogen-bond acceptors (Lipinski definition) is 2. The number of aromatic nitrogens is 2. The van der Waals surface area contributed by atoms with E-state index in [4.69, 9.17) is 4.98 Å². The van der Waals surface area contributed by atoms with E-state index in [2.05, 4.69) is 55.6 Å². The maximum absolute atomic E-state index is 13.9. The quantitative estimate of drug-likeness (QED) is 0.478. The number of rotatable bonds is 3. The van der Waals surface area contributed by atoms with Crippen LogP contribution in [-0.4, -0.2) is 9.38 Å². The lowest BCUT2D eigenvalue weighted by Gasteiger charge is -2.15.